The topological polar surface area (TPSA) is 26.3 Å². The zero-order valence-electron chi connectivity index (χ0n) is 10.7. The minimum atomic E-state index is -0.330. The van der Waals surface area contributed by atoms with Crippen LogP contribution < -0.4 is 4.74 Å². The molecule has 0 heterocycles. The molecule has 0 aliphatic heterocycles. The van der Waals surface area contributed by atoms with Gasteiger partial charge in [0, 0.05) is 9.92 Å². The van der Waals surface area contributed by atoms with Crippen molar-refractivity contribution in [1.29, 1.82) is 0 Å². The molecule has 2 aromatic rings. The molecule has 0 bridgehead atoms. The van der Waals surface area contributed by atoms with Crippen molar-refractivity contribution in [3.63, 3.8) is 0 Å². The van der Waals surface area contributed by atoms with Gasteiger partial charge in [-0.25, -0.2) is 4.39 Å². The number of benzene rings is 2. The van der Waals surface area contributed by atoms with Crippen LogP contribution in [0.5, 0.6) is 5.75 Å². The van der Waals surface area contributed by atoms with E-state index in [1.165, 1.54) is 13.2 Å². The van der Waals surface area contributed by atoms with Crippen LogP contribution in [0.1, 0.15) is 10.4 Å². The molecule has 2 aromatic carbocycles. The third-order valence-corrected chi connectivity index (χ3v) is 3.94. The lowest BCUT2D eigenvalue weighted by Gasteiger charge is -2.08. The second-order valence-corrected chi connectivity index (χ2v) is 5.44. The predicted octanol–water partition coefficient (Wildman–Crippen LogP) is 4.46. The summed E-state index contributed by atoms with van der Waals surface area (Å²) in [6.07, 6.45) is 0. The quantitative estimate of drug-likeness (QED) is 0.602. The van der Waals surface area contributed by atoms with Gasteiger partial charge in [-0.05, 0) is 30.3 Å². The second-order valence-electron chi connectivity index (χ2n) is 3.99. The van der Waals surface area contributed by atoms with Gasteiger partial charge in [-0.15, -0.1) is 11.8 Å². The Morgan fingerprint density at radius 3 is 2.75 bits per heavy atom. The van der Waals surface area contributed by atoms with Crippen LogP contribution in [0.15, 0.2) is 47.4 Å². The number of hydrogen-bond acceptors (Lipinski definition) is 3. The Balaban J connectivity index is 2.13. The van der Waals surface area contributed by atoms with E-state index in [4.69, 9.17) is 16.3 Å². The average molecular weight is 311 g/mol. The molecule has 0 N–H and O–H groups in total. The van der Waals surface area contributed by atoms with Gasteiger partial charge in [-0.1, -0.05) is 23.7 Å². The molecule has 20 heavy (non-hydrogen) atoms. The third kappa shape index (κ3) is 3.52. The van der Waals surface area contributed by atoms with Gasteiger partial charge in [-0.2, -0.15) is 0 Å². The molecule has 0 unspecified atom stereocenters. The van der Waals surface area contributed by atoms with Crippen molar-refractivity contribution in [3.8, 4) is 5.75 Å². The maximum Gasteiger partial charge on any atom is 0.176 e. The molecule has 0 amide bonds. The maximum atomic E-state index is 13.5. The van der Waals surface area contributed by atoms with Crippen LogP contribution in [0, 0.1) is 5.82 Å². The van der Waals surface area contributed by atoms with Crippen molar-refractivity contribution >= 4 is 29.1 Å². The number of carbonyl (C=O) groups excluding carboxylic acids is 1. The minimum absolute atomic E-state index is 0.123. The zero-order valence-corrected chi connectivity index (χ0v) is 12.3. The number of carbonyl (C=O) groups is 1. The smallest absolute Gasteiger partial charge is 0.176 e. The molecule has 0 aliphatic carbocycles. The van der Waals surface area contributed by atoms with Gasteiger partial charge in [0.15, 0.2) is 5.78 Å². The third-order valence-electron chi connectivity index (χ3n) is 2.66. The van der Waals surface area contributed by atoms with Crippen molar-refractivity contribution in [3.05, 3.63) is 58.9 Å². The first-order valence-corrected chi connectivity index (χ1v) is 7.22. The van der Waals surface area contributed by atoms with Gasteiger partial charge < -0.3 is 4.74 Å². The number of rotatable bonds is 5. The number of ketones is 1. The first-order valence-electron chi connectivity index (χ1n) is 5.86. The first-order chi connectivity index (χ1) is 9.61. The van der Waals surface area contributed by atoms with E-state index in [9.17, 15) is 9.18 Å². The molecule has 0 saturated heterocycles. The fourth-order valence-electron chi connectivity index (χ4n) is 1.68. The molecule has 5 heteroatoms. The lowest BCUT2D eigenvalue weighted by molar-refractivity contribution is 0.101. The van der Waals surface area contributed by atoms with E-state index < -0.39 is 0 Å². The monoisotopic (exact) mass is 310 g/mol. The normalized spacial score (nSPS) is 10.3. The standard InChI is InChI=1S/C15H12ClFO2S/c1-19-14-7-6-10(16)8-11(14)13(18)9-20-15-5-3-2-4-12(15)17/h2-8H,9H2,1H3. The van der Waals surface area contributed by atoms with Gasteiger partial charge in [0.05, 0.1) is 18.4 Å². The lowest BCUT2D eigenvalue weighted by Crippen LogP contribution is -2.05. The predicted molar refractivity (Wildman–Crippen MR) is 79.5 cm³/mol. The summed E-state index contributed by atoms with van der Waals surface area (Å²) in [5, 5.41) is 0.463. The van der Waals surface area contributed by atoms with Crippen LogP contribution in [0.2, 0.25) is 5.02 Å². The zero-order chi connectivity index (χ0) is 14.5. The van der Waals surface area contributed by atoms with E-state index in [1.54, 1.807) is 36.4 Å². The number of methoxy groups -OCH3 is 1. The summed E-state index contributed by atoms with van der Waals surface area (Å²) in [5.41, 5.74) is 0.406. The largest absolute Gasteiger partial charge is 0.496 e. The van der Waals surface area contributed by atoms with Crippen LogP contribution in [-0.4, -0.2) is 18.6 Å². The molecule has 0 fully saturated rings. The average Bonchev–Trinajstić information content (AvgIpc) is 2.46. The summed E-state index contributed by atoms with van der Waals surface area (Å²) < 4.78 is 18.6. The lowest BCUT2D eigenvalue weighted by atomic mass is 10.1. The van der Waals surface area contributed by atoms with E-state index in [-0.39, 0.29) is 17.4 Å². The maximum absolute atomic E-state index is 13.5. The molecule has 0 aromatic heterocycles. The Labute approximate surface area is 125 Å². The van der Waals surface area contributed by atoms with Crippen LogP contribution >= 0.6 is 23.4 Å². The van der Waals surface area contributed by atoms with Gasteiger partial charge in [0.1, 0.15) is 11.6 Å². The van der Waals surface area contributed by atoms with Crippen LogP contribution in [0.3, 0.4) is 0 Å². The highest BCUT2D eigenvalue weighted by Crippen LogP contribution is 2.27. The molecular weight excluding hydrogens is 299 g/mol. The van der Waals surface area contributed by atoms with Crippen molar-refractivity contribution in [2.75, 3.05) is 12.9 Å². The summed E-state index contributed by atoms with van der Waals surface area (Å²) in [5.74, 6) is 0.104. The number of ether oxygens (including phenoxy) is 1. The van der Waals surface area contributed by atoms with Crippen molar-refractivity contribution in [1.82, 2.24) is 0 Å². The molecule has 2 rings (SSSR count). The SMILES string of the molecule is COc1ccc(Cl)cc1C(=O)CSc1ccccc1F. The van der Waals surface area contributed by atoms with Crippen molar-refractivity contribution in [2.24, 2.45) is 0 Å². The van der Waals surface area contributed by atoms with Gasteiger partial charge in [-0.3, -0.25) is 4.79 Å². The van der Waals surface area contributed by atoms with Crippen LogP contribution in [0.25, 0.3) is 0 Å². The molecule has 0 radical (unpaired) electrons. The Bertz CT molecular complexity index is 631. The van der Waals surface area contributed by atoms with E-state index in [2.05, 4.69) is 0 Å². The van der Waals surface area contributed by atoms with Gasteiger partial charge in [0.2, 0.25) is 0 Å². The number of hydrogen-bond donors (Lipinski definition) is 0. The Kier molecular flexibility index (Phi) is 5.04. The second kappa shape index (κ2) is 6.77. The Morgan fingerprint density at radius 1 is 1.30 bits per heavy atom. The van der Waals surface area contributed by atoms with Gasteiger partial charge in [0.25, 0.3) is 0 Å². The van der Waals surface area contributed by atoms with E-state index in [1.807, 2.05) is 0 Å². The summed E-state index contributed by atoms with van der Waals surface area (Å²) in [6.45, 7) is 0. The van der Waals surface area contributed by atoms with Crippen LogP contribution in [0.4, 0.5) is 4.39 Å². The minimum Gasteiger partial charge on any atom is -0.496 e. The van der Waals surface area contributed by atoms with E-state index in [0.717, 1.165) is 11.8 Å². The van der Waals surface area contributed by atoms with Crippen LogP contribution in [-0.2, 0) is 0 Å². The summed E-state index contributed by atoms with van der Waals surface area (Å²) >= 11 is 7.04. The molecule has 0 aliphatic rings. The highest BCUT2D eigenvalue weighted by atomic mass is 35.5. The first kappa shape index (κ1) is 14.9. The Hall–Kier alpha value is -1.52. The number of thioether (sulfide) groups is 1. The van der Waals surface area contributed by atoms with E-state index >= 15 is 0 Å². The van der Waals surface area contributed by atoms with Crippen molar-refractivity contribution in [2.45, 2.75) is 4.90 Å². The molecular formula is C15H12ClFO2S. The number of Topliss-reactive ketones (excluding diaryl/α,β-unsaturated/α-hetero) is 1. The fourth-order valence-corrected chi connectivity index (χ4v) is 2.68. The fraction of sp³-hybridized carbons (Fsp3) is 0.133. The molecule has 0 atom stereocenters. The molecule has 104 valence electrons. The summed E-state index contributed by atoms with van der Waals surface area (Å²) in [7, 11) is 1.49. The molecule has 2 nitrogen and oxygen atoms in total. The summed E-state index contributed by atoms with van der Waals surface area (Å²) in [6, 6.07) is 11.2. The Morgan fingerprint density at radius 2 is 2.05 bits per heavy atom. The van der Waals surface area contributed by atoms with E-state index in [0.29, 0.717) is 21.2 Å². The molecule has 0 saturated carbocycles. The molecule has 0 spiro atoms. The highest BCUT2D eigenvalue weighted by molar-refractivity contribution is 8.00. The van der Waals surface area contributed by atoms with Crippen molar-refractivity contribution < 1.29 is 13.9 Å². The summed E-state index contributed by atoms with van der Waals surface area (Å²) in [4.78, 5) is 12.6. The highest BCUT2D eigenvalue weighted by Gasteiger charge is 2.14. The van der Waals surface area contributed by atoms with Gasteiger partial charge >= 0.3 is 0 Å². The number of halogens is 2.